The molecule has 1 amide bonds. The summed E-state index contributed by atoms with van der Waals surface area (Å²) >= 11 is 0. The number of ether oxygens (including phenoxy) is 1. The van der Waals surface area contributed by atoms with E-state index in [0.717, 1.165) is 23.3 Å². The first-order chi connectivity index (χ1) is 13.0. The Bertz CT molecular complexity index is 926. The number of aryl methyl sites for hydroxylation is 1. The SMILES string of the molecule is O=C(C1CCc2ccccc2O1)N1CCC(c2ccccc2)S(=O)(=O)CC1. The molecule has 2 heterocycles. The zero-order valence-corrected chi connectivity index (χ0v) is 15.9. The number of amides is 1. The molecule has 6 heteroatoms. The maximum Gasteiger partial charge on any atom is 0.263 e. The summed E-state index contributed by atoms with van der Waals surface area (Å²) < 4.78 is 31.4. The van der Waals surface area contributed by atoms with E-state index in [2.05, 4.69) is 0 Å². The van der Waals surface area contributed by atoms with Gasteiger partial charge in [-0.1, -0.05) is 48.5 Å². The van der Waals surface area contributed by atoms with Gasteiger partial charge in [-0.2, -0.15) is 0 Å². The third kappa shape index (κ3) is 3.72. The molecule has 1 fully saturated rings. The molecule has 0 saturated carbocycles. The predicted octanol–water partition coefficient (Wildman–Crippen LogP) is 2.77. The first kappa shape index (κ1) is 18.0. The van der Waals surface area contributed by atoms with Gasteiger partial charge in [-0.25, -0.2) is 8.42 Å². The van der Waals surface area contributed by atoms with Crippen molar-refractivity contribution in [3.63, 3.8) is 0 Å². The van der Waals surface area contributed by atoms with Crippen LogP contribution in [0.25, 0.3) is 0 Å². The fraction of sp³-hybridized carbons (Fsp3) is 0.381. The molecule has 1 saturated heterocycles. The summed E-state index contributed by atoms with van der Waals surface area (Å²) in [5.74, 6) is 0.641. The lowest BCUT2D eigenvalue weighted by molar-refractivity contribution is -0.139. The molecule has 0 spiro atoms. The van der Waals surface area contributed by atoms with Gasteiger partial charge < -0.3 is 9.64 Å². The second-order valence-electron chi connectivity index (χ2n) is 7.13. The maximum atomic E-state index is 13.0. The van der Waals surface area contributed by atoms with E-state index < -0.39 is 21.2 Å². The molecular formula is C21H23NO4S. The molecule has 2 aliphatic heterocycles. The molecule has 27 heavy (non-hydrogen) atoms. The van der Waals surface area contributed by atoms with Crippen molar-refractivity contribution in [1.29, 1.82) is 0 Å². The zero-order chi connectivity index (χ0) is 18.9. The largest absolute Gasteiger partial charge is 0.480 e. The second kappa shape index (κ2) is 7.35. The number of para-hydroxylation sites is 1. The predicted molar refractivity (Wildman–Crippen MR) is 103 cm³/mol. The van der Waals surface area contributed by atoms with Crippen molar-refractivity contribution in [3.05, 3.63) is 65.7 Å². The topological polar surface area (TPSA) is 63.7 Å². The normalized spacial score (nSPS) is 24.4. The van der Waals surface area contributed by atoms with Crippen molar-refractivity contribution in [2.75, 3.05) is 18.8 Å². The van der Waals surface area contributed by atoms with E-state index in [1.807, 2.05) is 54.6 Å². The van der Waals surface area contributed by atoms with Gasteiger partial charge >= 0.3 is 0 Å². The van der Waals surface area contributed by atoms with Gasteiger partial charge in [0.1, 0.15) is 5.75 Å². The van der Waals surface area contributed by atoms with Crippen LogP contribution in [-0.4, -0.2) is 44.2 Å². The van der Waals surface area contributed by atoms with Crippen LogP contribution in [0.1, 0.15) is 29.2 Å². The maximum absolute atomic E-state index is 13.0. The van der Waals surface area contributed by atoms with E-state index in [9.17, 15) is 13.2 Å². The quantitative estimate of drug-likeness (QED) is 0.797. The van der Waals surface area contributed by atoms with Crippen LogP contribution in [0.3, 0.4) is 0 Å². The van der Waals surface area contributed by atoms with Crippen LogP contribution in [-0.2, 0) is 21.1 Å². The monoisotopic (exact) mass is 385 g/mol. The van der Waals surface area contributed by atoms with Gasteiger partial charge in [-0.3, -0.25) is 4.79 Å². The summed E-state index contributed by atoms with van der Waals surface area (Å²) in [5, 5.41) is -0.551. The molecule has 4 rings (SSSR count). The van der Waals surface area contributed by atoms with Crippen LogP contribution in [0, 0.1) is 0 Å². The molecule has 2 atom stereocenters. The average molecular weight is 385 g/mol. The lowest BCUT2D eigenvalue weighted by atomic mass is 10.0. The summed E-state index contributed by atoms with van der Waals surface area (Å²) in [7, 11) is -3.29. The van der Waals surface area contributed by atoms with E-state index in [4.69, 9.17) is 4.74 Å². The van der Waals surface area contributed by atoms with E-state index in [0.29, 0.717) is 19.4 Å². The summed E-state index contributed by atoms with van der Waals surface area (Å²) in [6.45, 7) is 0.658. The van der Waals surface area contributed by atoms with Gasteiger partial charge in [0, 0.05) is 13.1 Å². The highest BCUT2D eigenvalue weighted by Gasteiger charge is 2.36. The first-order valence-electron chi connectivity index (χ1n) is 9.34. The molecule has 0 radical (unpaired) electrons. The molecule has 2 aromatic rings. The molecule has 142 valence electrons. The minimum Gasteiger partial charge on any atom is -0.480 e. The Hall–Kier alpha value is -2.34. The van der Waals surface area contributed by atoms with Gasteiger partial charge in [0.25, 0.3) is 5.91 Å². The van der Waals surface area contributed by atoms with Crippen LogP contribution >= 0.6 is 0 Å². The molecule has 0 aliphatic carbocycles. The minimum atomic E-state index is -3.29. The van der Waals surface area contributed by atoms with E-state index in [1.54, 1.807) is 4.90 Å². The Kier molecular flexibility index (Phi) is 4.91. The van der Waals surface area contributed by atoms with Crippen molar-refractivity contribution in [1.82, 2.24) is 4.90 Å². The third-order valence-electron chi connectivity index (χ3n) is 5.42. The second-order valence-corrected chi connectivity index (χ2v) is 9.44. The number of benzene rings is 2. The van der Waals surface area contributed by atoms with Crippen molar-refractivity contribution in [2.24, 2.45) is 0 Å². The van der Waals surface area contributed by atoms with Crippen LogP contribution in [0.15, 0.2) is 54.6 Å². The lowest BCUT2D eigenvalue weighted by Crippen LogP contribution is -2.44. The number of carbonyl (C=O) groups excluding carboxylic acids is 1. The Morgan fingerprint density at radius 2 is 1.70 bits per heavy atom. The van der Waals surface area contributed by atoms with E-state index in [1.165, 1.54) is 0 Å². The van der Waals surface area contributed by atoms with Gasteiger partial charge in [0.05, 0.1) is 11.0 Å². The number of rotatable bonds is 2. The molecule has 2 aromatic carbocycles. The molecular weight excluding hydrogens is 362 g/mol. The number of fused-ring (bicyclic) bond motifs is 1. The first-order valence-corrected chi connectivity index (χ1v) is 11.1. The number of hydrogen-bond acceptors (Lipinski definition) is 4. The Morgan fingerprint density at radius 1 is 0.963 bits per heavy atom. The summed E-state index contributed by atoms with van der Waals surface area (Å²) in [6.07, 6.45) is 1.31. The van der Waals surface area contributed by atoms with Crippen molar-refractivity contribution >= 4 is 15.7 Å². The fourth-order valence-electron chi connectivity index (χ4n) is 3.91. The van der Waals surface area contributed by atoms with Gasteiger partial charge in [0.15, 0.2) is 15.9 Å². The molecule has 2 unspecified atom stereocenters. The molecule has 0 aromatic heterocycles. The van der Waals surface area contributed by atoms with Crippen molar-refractivity contribution in [2.45, 2.75) is 30.6 Å². The lowest BCUT2D eigenvalue weighted by Gasteiger charge is -2.30. The number of sulfone groups is 1. The Labute approximate surface area is 159 Å². The standard InChI is InChI=1S/C21H23NO4S/c23-21(19-11-10-16-6-4-5-9-18(16)26-19)22-13-12-20(27(24,25)15-14-22)17-7-2-1-3-8-17/h1-9,19-20H,10-15H2. The van der Waals surface area contributed by atoms with Crippen molar-refractivity contribution < 1.29 is 17.9 Å². The molecule has 2 aliphatic rings. The summed E-state index contributed by atoms with van der Waals surface area (Å²) in [5.41, 5.74) is 1.92. The number of carbonyl (C=O) groups is 1. The van der Waals surface area contributed by atoms with Gasteiger partial charge in [-0.15, -0.1) is 0 Å². The smallest absolute Gasteiger partial charge is 0.263 e. The molecule has 5 nitrogen and oxygen atoms in total. The number of nitrogens with zero attached hydrogens (tertiary/aromatic N) is 1. The number of hydrogen-bond donors (Lipinski definition) is 0. The Morgan fingerprint density at radius 3 is 2.52 bits per heavy atom. The van der Waals surface area contributed by atoms with Crippen LogP contribution in [0.4, 0.5) is 0 Å². The summed E-state index contributed by atoms with van der Waals surface area (Å²) in [6, 6.07) is 17.0. The van der Waals surface area contributed by atoms with Crippen molar-refractivity contribution in [3.8, 4) is 5.75 Å². The van der Waals surface area contributed by atoms with E-state index >= 15 is 0 Å². The van der Waals surface area contributed by atoms with Crippen LogP contribution in [0.2, 0.25) is 0 Å². The van der Waals surface area contributed by atoms with Gasteiger partial charge in [0.2, 0.25) is 0 Å². The Balaban J connectivity index is 1.49. The highest BCUT2D eigenvalue weighted by Crippen LogP contribution is 2.31. The van der Waals surface area contributed by atoms with Crippen LogP contribution in [0.5, 0.6) is 5.75 Å². The van der Waals surface area contributed by atoms with Gasteiger partial charge in [-0.05, 0) is 36.5 Å². The fourth-order valence-corrected chi connectivity index (χ4v) is 5.70. The molecule has 0 bridgehead atoms. The average Bonchev–Trinajstić information content (AvgIpc) is 2.85. The highest BCUT2D eigenvalue weighted by molar-refractivity contribution is 7.91. The highest BCUT2D eigenvalue weighted by atomic mass is 32.2. The van der Waals surface area contributed by atoms with E-state index in [-0.39, 0.29) is 18.2 Å². The third-order valence-corrected chi connectivity index (χ3v) is 7.54. The minimum absolute atomic E-state index is 0.0123. The zero-order valence-electron chi connectivity index (χ0n) is 15.1. The molecule has 0 N–H and O–H groups in total. The summed E-state index contributed by atoms with van der Waals surface area (Å²) in [4.78, 5) is 14.6. The van der Waals surface area contributed by atoms with Crippen LogP contribution < -0.4 is 4.74 Å².